The minimum atomic E-state index is -4.94. The van der Waals surface area contributed by atoms with E-state index in [-0.39, 0.29) is 25.7 Å². The highest BCUT2D eigenvalue weighted by Crippen LogP contribution is 2.45. The predicted octanol–water partition coefficient (Wildman–Crippen LogP) is 17.5. The van der Waals surface area contributed by atoms with E-state index in [1.54, 1.807) is 0 Å². The molecule has 0 aliphatic heterocycles. The Bertz CT molecular complexity index is 1650. The zero-order valence-electron chi connectivity index (χ0n) is 53.6. The monoisotopic (exact) mass is 1230 g/mol. The van der Waals surface area contributed by atoms with E-state index in [1.165, 1.54) is 116 Å². The molecule has 6 atom stereocenters. The van der Waals surface area contributed by atoms with E-state index in [4.69, 9.17) is 37.0 Å². The van der Waals surface area contributed by atoms with Crippen molar-refractivity contribution in [1.82, 2.24) is 0 Å². The molecule has 0 aliphatic carbocycles. The summed E-state index contributed by atoms with van der Waals surface area (Å²) in [4.78, 5) is 72.0. The van der Waals surface area contributed by atoms with Gasteiger partial charge in [0.1, 0.15) is 19.3 Å². The van der Waals surface area contributed by atoms with E-state index >= 15 is 0 Å². The summed E-state index contributed by atoms with van der Waals surface area (Å²) in [5.74, 6) is 0.134. The van der Waals surface area contributed by atoms with Crippen LogP contribution in [0.2, 0.25) is 0 Å². The van der Waals surface area contributed by atoms with Crippen molar-refractivity contribution in [3.8, 4) is 0 Å². The molecule has 0 bridgehead atoms. The second-order valence-corrected chi connectivity index (χ2v) is 27.3. The number of hydrogen-bond donors (Lipinski definition) is 3. The highest BCUT2D eigenvalue weighted by atomic mass is 31.2. The SMILES string of the molecule is CCCCCCCC(=O)OC[C@H](COP(=O)(O)OC[C@H](O)COP(=O)(O)OC[C@@H](COC(=O)CCCCCCCCCCCCC(C)C)OC(=O)CCCCCCCCCCCCC(C)C)OC(=O)CCCCCCCCCCC(C)CC. The summed E-state index contributed by atoms with van der Waals surface area (Å²) in [6, 6.07) is 0. The van der Waals surface area contributed by atoms with Crippen LogP contribution in [-0.4, -0.2) is 96.7 Å². The molecule has 0 aromatic heterocycles. The van der Waals surface area contributed by atoms with Crippen molar-refractivity contribution < 1.29 is 80.2 Å². The molecule has 83 heavy (non-hydrogen) atoms. The third kappa shape index (κ3) is 57.6. The van der Waals surface area contributed by atoms with Crippen LogP contribution in [0.25, 0.3) is 0 Å². The number of aliphatic hydroxyl groups is 1. The normalized spacial score (nSPS) is 14.7. The second kappa shape index (κ2) is 55.4. The molecular weight excluding hydrogens is 1100 g/mol. The highest BCUT2D eigenvalue weighted by Gasteiger charge is 2.30. The van der Waals surface area contributed by atoms with Gasteiger partial charge in [0, 0.05) is 25.7 Å². The summed E-state index contributed by atoms with van der Waals surface area (Å²) in [5.41, 5.74) is 0. The van der Waals surface area contributed by atoms with Crippen LogP contribution in [0, 0.1) is 17.8 Å². The zero-order chi connectivity index (χ0) is 61.7. The largest absolute Gasteiger partial charge is 0.472 e. The van der Waals surface area contributed by atoms with Crippen LogP contribution in [0.3, 0.4) is 0 Å². The molecule has 17 nitrogen and oxygen atoms in total. The number of carbonyl (C=O) groups excluding carboxylic acids is 4. The van der Waals surface area contributed by atoms with Gasteiger partial charge in [-0.3, -0.25) is 37.3 Å². The van der Waals surface area contributed by atoms with Crippen molar-refractivity contribution in [3.05, 3.63) is 0 Å². The molecule has 0 heterocycles. The number of phosphoric acid groups is 2. The topological polar surface area (TPSA) is 237 Å². The molecule has 0 radical (unpaired) electrons. The lowest BCUT2D eigenvalue weighted by Crippen LogP contribution is -2.30. The zero-order valence-corrected chi connectivity index (χ0v) is 55.4. The fourth-order valence-corrected chi connectivity index (χ4v) is 11.0. The molecule has 0 saturated carbocycles. The molecule has 0 spiro atoms. The van der Waals surface area contributed by atoms with Crippen LogP contribution in [0.4, 0.5) is 0 Å². The summed E-state index contributed by atoms with van der Waals surface area (Å²) < 4.78 is 67.8. The second-order valence-electron chi connectivity index (χ2n) is 24.3. The first-order chi connectivity index (χ1) is 39.8. The maximum Gasteiger partial charge on any atom is 0.472 e. The van der Waals surface area contributed by atoms with Gasteiger partial charge in [0.05, 0.1) is 26.4 Å². The van der Waals surface area contributed by atoms with Crippen LogP contribution in [0.5, 0.6) is 0 Å². The molecule has 0 aliphatic rings. The molecule has 0 fully saturated rings. The van der Waals surface area contributed by atoms with Crippen LogP contribution < -0.4 is 0 Å². The first kappa shape index (κ1) is 81.1. The average molecular weight is 1230 g/mol. The lowest BCUT2D eigenvalue weighted by molar-refractivity contribution is -0.161. The summed E-state index contributed by atoms with van der Waals surface area (Å²) in [6.45, 7) is 11.7. The molecule has 492 valence electrons. The molecule has 0 amide bonds. The lowest BCUT2D eigenvalue weighted by atomic mass is 9.99. The molecule has 0 rings (SSSR count). The fraction of sp³-hybridized carbons (Fsp3) is 0.938. The Balaban J connectivity index is 5.19. The Labute approximate surface area is 505 Å². The van der Waals surface area contributed by atoms with Gasteiger partial charge in [-0.2, -0.15) is 0 Å². The van der Waals surface area contributed by atoms with E-state index < -0.39 is 97.5 Å². The minimum absolute atomic E-state index is 0.104. The number of hydrogen-bond acceptors (Lipinski definition) is 15. The van der Waals surface area contributed by atoms with Crippen molar-refractivity contribution >= 4 is 39.5 Å². The Kier molecular flexibility index (Phi) is 54.1. The molecule has 3 unspecified atom stereocenters. The quantitative estimate of drug-likeness (QED) is 0.0222. The third-order valence-corrected chi connectivity index (χ3v) is 16.9. The third-order valence-electron chi connectivity index (χ3n) is 15.0. The molecule has 0 aromatic carbocycles. The number of esters is 4. The first-order valence-electron chi connectivity index (χ1n) is 33.4. The standard InChI is InChI=1S/C64H124O17P2/c1-8-10-11-28-38-45-61(66)74-51-59(80-64(69)48-41-34-27-21-20-24-31-37-44-57(7)9-2)53-78-82(70,71)76-49-58(65)50-77-83(72,73)79-54-60(81-63(68)47-40-33-26-19-15-13-17-23-30-36-43-56(5)6)52-75-62(67)46-39-32-25-18-14-12-16-22-29-35-42-55(3)4/h55-60,65H,8-54H2,1-7H3,(H,70,71)(H,72,73)/t57?,58-,59+,60+/m0/s1. The van der Waals surface area contributed by atoms with Gasteiger partial charge in [0.2, 0.25) is 0 Å². The van der Waals surface area contributed by atoms with E-state index in [0.29, 0.717) is 25.7 Å². The van der Waals surface area contributed by atoms with Gasteiger partial charge < -0.3 is 33.8 Å². The number of ether oxygens (including phenoxy) is 4. The van der Waals surface area contributed by atoms with Gasteiger partial charge in [-0.25, -0.2) is 9.13 Å². The maximum absolute atomic E-state index is 13.0. The molecule has 3 N–H and O–H groups in total. The van der Waals surface area contributed by atoms with Crippen molar-refractivity contribution in [1.29, 1.82) is 0 Å². The lowest BCUT2D eigenvalue weighted by Gasteiger charge is -2.21. The van der Waals surface area contributed by atoms with E-state index in [2.05, 4.69) is 48.5 Å². The number of carbonyl (C=O) groups is 4. The summed E-state index contributed by atoms with van der Waals surface area (Å²) >= 11 is 0. The minimum Gasteiger partial charge on any atom is -0.462 e. The average Bonchev–Trinajstić information content (AvgIpc) is 3.45. The van der Waals surface area contributed by atoms with Crippen LogP contribution in [-0.2, 0) is 65.4 Å². The summed E-state index contributed by atoms with van der Waals surface area (Å²) in [7, 11) is -9.88. The van der Waals surface area contributed by atoms with Gasteiger partial charge in [0.15, 0.2) is 12.2 Å². The Morgan fingerprint density at radius 1 is 0.349 bits per heavy atom. The molecule has 0 saturated heterocycles. The smallest absolute Gasteiger partial charge is 0.462 e. The first-order valence-corrected chi connectivity index (χ1v) is 36.4. The predicted molar refractivity (Wildman–Crippen MR) is 331 cm³/mol. The van der Waals surface area contributed by atoms with E-state index in [0.717, 1.165) is 114 Å². The van der Waals surface area contributed by atoms with Gasteiger partial charge in [-0.05, 0) is 43.4 Å². The van der Waals surface area contributed by atoms with Gasteiger partial charge in [-0.1, -0.05) is 260 Å². The molecule has 19 heteroatoms. The highest BCUT2D eigenvalue weighted by molar-refractivity contribution is 7.47. The molecular formula is C64H124O17P2. The molecule has 0 aromatic rings. The van der Waals surface area contributed by atoms with Gasteiger partial charge in [-0.15, -0.1) is 0 Å². The van der Waals surface area contributed by atoms with Crippen molar-refractivity contribution in [2.45, 2.75) is 330 Å². The number of unbranched alkanes of at least 4 members (excludes halogenated alkanes) is 29. The summed E-state index contributed by atoms with van der Waals surface area (Å²) in [5, 5.41) is 10.5. The van der Waals surface area contributed by atoms with Crippen LogP contribution >= 0.6 is 15.6 Å². The number of phosphoric ester groups is 2. The van der Waals surface area contributed by atoms with Crippen LogP contribution in [0.1, 0.15) is 312 Å². The van der Waals surface area contributed by atoms with Gasteiger partial charge >= 0.3 is 39.5 Å². The van der Waals surface area contributed by atoms with Crippen LogP contribution in [0.15, 0.2) is 0 Å². The fourth-order valence-electron chi connectivity index (χ4n) is 9.45. The Hall–Kier alpha value is -1.94. The summed E-state index contributed by atoms with van der Waals surface area (Å²) in [6.07, 6.45) is 36.5. The van der Waals surface area contributed by atoms with E-state index in [9.17, 15) is 43.2 Å². The number of rotatable bonds is 62. The van der Waals surface area contributed by atoms with E-state index in [1.807, 2.05) is 0 Å². The van der Waals surface area contributed by atoms with Crippen molar-refractivity contribution in [2.75, 3.05) is 39.6 Å². The Morgan fingerprint density at radius 3 is 0.916 bits per heavy atom. The van der Waals surface area contributed by atoms with Crippen molar-refractivity contribution in [3.63, 3.8) is 0 Å². The number of aliphatic hydroxyl groups excluding tert-OH is 1. The van der Waals surface area contributed by atoms with Gasteiger partial charge in [0.25, 0.3) is 0 Å². The Morgan fingerprint density at radius 2 is 0.614 bits per heavy atom. The van der Waals surface area contributed by atoms with Crippen molar-refractivity contribution in [2.24, 2.45) is 17.8 Å². The maximum atomic E-state index is 13.0.